The Morgan fingerprint density at radius 3 is 2.65 bits per heavy atom. The van der Waals surface area contributed by atoms with Crippen LogP contribution in [0.1, 0.15) is 37.3 Å². The maximum Gasteiger partial charge on any atom is 0.409 e. The van der Waals surface area contributed by atoms with Crippen LogP contribution >= 0.6 is 0 Å². The molecule has 1 aliphatic heterocycles. The third-order valence-corrected chi connectivity index (χ3v) is 6.54. The van der Waals surface area contributed by atoms with Crippen molar-refractivity contribution < 1.29 is 18.7 Å². The molecule has 0 N–H and O–H groups in total. The van der Waals surface area contributed by atoms with E-state index in [1.165, 1.54) is 5.56 Å². The predicted molar refractivity (Wildman–Crippen MR) is 132 cm³/mol. The van der Waals surface area contributed by atoms with Gasteiger partial charge in [0.15, 0.2) is 0 Å². The normalized spacial score (nSPS) is 17.7. The first-order valence-corrected chi connectivity index (χ1v) is 12.2. The van der Waals surface area contributed by atoms with E-state index in [0.717, 1.165) is 48.7 Å². The molecule has 2 aromatic carbocycles. The van der Waals surface area contributed by atoms with Crippen molar-refractivity contribution in [3.05, 3.63) is 71.6 Å². The average molecular weight is 463 g/mol. The lowest BCUT2D eigenvalue weighted by Gasteiger charge is -2.17. The molecule has 0 saturated carbocycles. The number of oxazole rings is 1. The van der Waals surface area contributed by atoms with Crippen molar-refractivity contribution in [3.63, 3.8) is 0 Å². The fourth-order valence-electron chi connectivity index (χ4n) is 4.69. The van der Waals surface area contributed by atoms with E-state index in [9.17, 15) is 4.79 Å². The van der Waals surface area contributed by atoms with Gasteiger partial charge in [-0.2, -0.15) is 0 Å². The summed E-state index contributed by atoms with van der Waals surface area (Å²) in [4.78, 5) is 18.7. The summed E-state index contributed by atoms with van der Waals surface area (Å²) in [7, 11) is 0. The van der Waals surface area contributed by atoms with E-state index in [2.05, 4.69) is 24.0 Å². The average Bonchev–Trinajstić information content (AvgIpc) is 3.43. The molecule has 1 saturated heterocycles. The van der Waals surface area contributed by atoms with E-state index >= 15 is 0 Å². The second-order valence-electron chi connectivity index (χ2n) is 8.87. The Balaban J connectivity index is 1.33. The number of hydrogen-bond donors (Lipinski definition) is 0. The summed E-state index contributed by atoms with van der Waals surface area (Å²) in [5.74, 6) is 3.25. The van der Waals surface area contributed by atoms with Crippen LogP contribution in [0.15, 0.2) is 59.0 Å². The topological polar surface area (TPSA) is 64.8 Å². The van der Waals surface area contributed by atoms with Crippen molar-refractivity contribution in [2.24, 2.45) is 11.8 Å². The van der Waals surface area contributed by atoms with Gasteiger partial charge in [0.05, 0.1) is 18.9 Å². The van der Waals surface area contributed by atoms with Crippen LogP contribution in [0.5, 0.6) is 5.75 Å². The van der Waals surface area contributed by atoms with Crippen molar-refractivity contribution in [2.45, 2.75) is 40.0 Å². The molecule has 1 aliphatic rings. The summed E-state index contributed by atoms with van der Waals surface area (Å²) in [6, 6.07) is 18.2. The SMILES string of the molecule is CCOC(=O)N1C[C@@H](Cc2cccc(OCCc3nc(-c4ccccc4)oc3C)c2)[C@@H](CC)C1. The van der Waals surface area contributed by atoms with E-state index in [-0.39, 0.29) is 6.09 Å². The quantitative estimate of drug-likeness (QED) is 0.394. The maximum atomic E-state index is 12.2. The van der Waals surface area contributed by atoms with Gasteiger partial charge in [0.25, 0.3) is 0 Å². The first-order valence-electron chi connectivity index (χ1n) is 12.2. The number of aromatic nitrogens is 1. The number of likely N-dealkylation sites (tertiary alicyclic amines) is 1. The highest BCUT2D eigenvalue weighted by atomic mass is 16.6. The van der Waals surface area contributed by atoms with E-state index in [4.69, 9.17) is 13.9 Å². The van der Waals surface area contributed by atoms with Gasteiger partial charge in [-0.05, 0) is 61.9 Å². The van der Waals surface area contributed by atoms with Crippen LogP contribution in [0, 0.1) is 18.8 Å². The monoisotopic (exact) mass is 462 g/mol. The van der Waals surface area contributed by atoms with Gasteiger partial charge in [-0.1, -0.05) is 43.7 Å². The minimum absolute atomic E-state index is 0.195. The summed E-state index contributed by atoms with van der Waals surface area (Å²) < 4.78 is 17.1. The van der Waals surface area contributed by atoms with Gasteiger partial charge in [0, 0.05) is 25.1 Å². The molecule has 6 heteroatoms. The summed E-state index contributed by atoms with van der Waals surface area (Å²) in [5, 5.41) is 0. The molecule has 6 nitrogen and oxygen atoms in total. The summed E-state index contributed by atoms with van der Waals surface area (Å²) in [6.07, 6.45) is 2.47. The lowest BCUT2D eigenvalue weighted by molar-refractivity contribution is 0.113. The molecule has 1 amide bonds. The van der Waals surface area contributed by atoms with Crippen molar-refractivity contribution in [2.75, 3.05) is 26.3 Å². The third-order valence-electron chi connectivity index (χ3n) is 6.54. The number of rotatable bonds is 9. The molecule has 0 radical (unpaired) electrons. The van der Waals surface area contributed by atoms with Gasteiger partial charge >= 0.3 is 6.09 Å². The number of nitrogens with zero attached hydrogens (tertiary/aromatic N) is 2. The number of carbonyl (C=O) groups is 1. The molecule has 0 unspecified atom stereocenters. The summed E-state index contributed by atoms with van der Waals surface area (Å²) in [5.41, 5.74) is 3.13. The van der Waals surface area contributed by atoms with Crippen molar-refractivity contribution >= 4 is 6.09 Å². The first kappa shape index (κ1) is 23.9. The summed E-state index contributed by atoms with van der Waals surface area (Å²) in [6.45, 7) is 8.46. The molecule has 0 aliphatic carbocycles. The van der Waals surface area contributed by atoms with Gasteiger partial charge in [-0.15, -0.1) is 0 Å². The number of hydrogen-bond acceptors (Lipinski definition) is 5. The number of aryl methyl sites for hydroxylation is 1. The molecular weight excluding hydrogens is 428 g/mol. The fourth-order valence-corrected chi connectivity index (χ4v) is 4.69. The lowest BCUT2D eigenvalue weighted by atomic mass is 9.88. The molecule has 4 rings (SSSR count). The van der Waals surface area contributed by atoms with E-state index < -0.39 is 0 Å². The van der Waals surface area contributed by atoms with Crippen LogP contribution < -0.4 is 4.74 Å². The molecule has 3 aromatic rings. The van der Waals surface area contributed by atoms with E-state index in [1.807, 2.05) is 61.2 Å². The minimum Gasteiger partial charge on any atom is -0.493 e. The molecule has 1 fully saturated rings. The molecule has 180 valence electrons. The Morgan fingerprint density at radius 2 is 1.88 bits per heavy atom. The summed E-state index contributed by atoms with van der Waals surface area (Å²) >= 11 is 0. The van der Waals surface area contributed by atoms with Gasteiger partial charge in [0.1, 0.15) is 11.5 Å². The van der Waals surface area contributed by atoms with E-state index in [1.54, 1.807) is 0 Å². The zero-order valence-corrected chi connectivity index (χ0v) is 20.3. The predicted octanol–water partition coefficient (Wildman–Crippen LogP) is 5.93. The highest BCUT2D eigenvalue weighted by Crippen LogP contribution is 2.30. The molecule has 34 heavy (non-hydrogen) atoms. The van der Waals surface area contributed by atoms with Gasteiger partial charge in [-0.25, -0.2) is 9.78 Å². The molecule has 1 aromatic heterocycles. The van der Waals surface area contributed by atoms with Gasteiger partial charge in [-0.3, -0.25) is 0 Å². The Morgan fingerprint density at radius 1 is 1.09 bits per heavy atom. The highest BCUT2D eigenvalue weighted by Gasteiger charge is 2.34. The van der Waals surface area contributed by atoms with Crippen LogP contribution in [0.25, 0.3) is 11.5 Å². The standard InChI is InChI=1S/C28H34N2O4/c1-4-22-18-30(28(31)32-5-2)19-24(22)16-21-10-9-13-25(17-21)33-15-14-26-20(3)34-27(29-26)23-11-7-6-8-12-23/h6-13,17,22,24H,4-5,14-16,18-19H2,1-3H3/t22-,24+/m0/s1. The van der Waals surface area contributed by atoms with Crippen LogP contribution in [0.2, 0.25) is 0 Å². The third kappa shape index (κ3) is 5.79. The van der Waals surface area contributed by atoms with Crippen molar-refractivity contribution in [1.82, 2.24) is 9.88 Å². The fraction of sp³-hybridized carbons (Fsp3) is 0.429. The Bertz CT molecular complexity index is 1080. The lowest BCUT2D eigenvalue weighted by Crippen LogP contribution is -2.29. The van der Waals surface area contributed by atoms with Gasteiger partial charge in [0.2, 0.25) is 5.89 Å². The van der Waals surface area contributed by atoms with Gasteiger partial charge < -0.3 is 18.8 Å². The number of amides is 1. The number of benzene rings is 2. The molecule has 2 heterocycles. The molecular formula is C28H34N2O4. The van der Waals surface area contributed by atoms with Crippen molar-refractivity contribution in [1.29, 1.82) is 0 Å². The largest absolute Gasteiger partial charge is 0.493 e. The Hall–Kier alpha value is -3.28. The number of carbonyl (C=O) groups excluding carboxylic acids is 1. The van der Waals surface area contributed by atoms with Crippen LogP contribution in [0.4, 0.5) is 4.79 Å². The first-order chi connectivity index (χ1) is 16.6. The Kier molecular flexibility index (Phi) is 7.88. The highest BCUT2D eigenvalue weighted by molar-refractivity contribution is 5.68. The van der Waals surface area contributed by atoms with E-state index in [0.29, 0.717) is 37.4 Å². The second kappa shape index (κ2) is 11.2. The molecule has 2 atom stereocenters. The second-order valence-corrected chi connectivity index (χ2v) is 8.87. The molecule has 0 spiro atoms. The smallest absolute Gasteiger partial charge is 0.409 e. The molecule has 0 bridgehead atoms. The van der Waals surface area contributed by atoms with Crippen LogP contribution in [-0.2, 0) is 17.6 Å². The minimum atomic E-state index is -0.195. The van der Waals surface area contributed by atoms with Crippen LogP contribution in [0.3, 0.4) is 0 Å². The zero-order chi connectivity index (χ0) is 23.9. The maximum absolute atomic E-state index is 12.2. The Labute approximate surface area is 201 Å². The van der Waals surface area contributed by atoms with Crippen LogP contribution in [-0.4, -0.2) is 42.3 Å². The zero-order valence-electron chi connectivity index (χ0n) is 20.3. The van der Waals surface area contributed by atoms with Crippen molar-refractivity contribution in [3.8, 4) is 17.2 Å². The number of ether oxygens (including phenoxy) is 2.